The van der Waals surface area contributed by atoms with Crippen LogP contribution in [0.25, 0.3) is 0 Å². The summed E-state index contributed by atoms with van der Waals surface area (Å²) in [6, 6.07) is 3.53. The average molecular weight is 337 g/mol. The molecule has 136 valence electrons. The topological polar surface area (TPSA) is 54.9 Å². The summed E-state index contributed by atoms with van der Waals surface area (Å²) in [7, 11) is 5.68. The van der Waals surface area contributed by atoms with Crippen LogP contribution >= 0.6 is 0 Å². The lowest BCUT2D eigenvalue weighted by atomic mass is 10.1. The molecule has 1 heterocycles. The zero-order chi connectivity index (χ0) is 17.9. The van der Waals surface area contributed by atoms with Gasteiger partial charge in [0.1, 0.15) is 0 Å². The summed E-state index contributed by atoms with van der Waals surface area (Å²) in [6.07, 6.45) is 2.41. The molecular weight excluding hydrogens is 306 g/mol. The smallest absolute Gasteiger partial charge is 0.255 e. The van der Waals surface area contributed by atoms with E-state index < -0.39 is 0 Å². The number of hydrogen-bond acceptors (Lipinski definition) is 5. The average Bonchev–Trinajstić information content (AvgIpc) is 2.55. The Kier molecular flexibility index (Phi) is 9.34. The molecule has 0 fully saturated rings. The van der Waals surface area contributed by atoms with E-state index in [1.807, 2.05) is 19.0 Å². The first-order valence-corrected chi connectivity index (χ1v) is 8.45. The van der Waals surface area contributed by atoms with Crippen LogP contribution in [-0.4, -0.2) is 74.7 Å². The number of nitrogens with zero attached hydrogens (tertiary/aromatic N) is 3. The van der Waals surface area contributed by atoms with Gasteiger partial charge in [-0.05, 0) is 26.1 Å². The number of hydrogen-bond donors (Lipinski definition) is 0. The maximum absolute atomic E-state index is 12.7. The Labute approximate surface area is 145 Å². The minimum absolute atomic E-state index is 0.0176. The summed E-state index contributed by atoms with van der Waals surface area (Å²) in [6.45, 7) is 7.73. The lowest BCUT2D eigenvalue weighted by molar-refractivity contribution is 0.0724. The Morgan fingerprint density at radius 1 is 1.21 bits per heavy atom. The van der Waals surface area contributed by atoms with Crippen LogP contribution in [0, 0.1) is 5.92 Å². The third-order valence-corrected chi connectivity index (χ3v) is 3.42. The van der Waals surface area contributed by atoms with E-state index in [2.05, 4.69) is 23.7 Å². The van der Waals surface area contributed by atoms with Crippen LogP contribution in [0.1, 0.15) is 30.6 Å². The molecule has 1 amide bonds. The monoisotopic (exact) mass is 337 g/mol. The lowest BCUT2D eigenvalue weighted by Crippen LogP contribution is -2.39. The van der Waals surface area contributed by atoms with Gasteiger partial charge in [0.05, 0.1) is 12.2 Å². The van der Waals surface area contributed by atoms with Crippen LogP contribution in [0.4, 0.5) is 0 Å². The van der Waals surface area contributed by atoms with E-state index in [1.165, 1.54) is 0 Å². The standard InChI is InChI=1S/C18H31N3O3/c1-15(2)14-21(10-9-20(3)4)18(22)16-7-8-17(19-13-16)24-12-6-11-23-5/h7-8,13,15H,6,9-12,14H2,1-5H3. The molecule has 6 heteroatoms. The number of pyridine rings is 1. The summed E-state index contributed by atoms with van der Waals surface area (Å²) in [4.78, 5) is 20.9. The van der Waals surface area contributed by atoms with Gasteiger partial charge in [0.25, 0.3) is 5.91 Å². The highest BCUT2D eigenvalue weighted by Gasteiger charge is 2.17. The third kappa shape index (κ3) is 7.75. The molecule has 0 aliphatic rings. The quantitative estimate of drug-likeness (QED) is 0.579. The fourth-order valence-corrected chi connectivity index (χ4v) is 2.19. The van der Waals surface area contributed by atoms with Gasteiger partial charge in [-0.2, -0.15) is 0 Å². The number of amides is 1. The van der Waals surface area contributed by atoms with E-state index in [9.17, 15) is 4.79 Å². The highest BCUT2D eigenvalue weighted by molar-refractivity contribution is 5.94. The number of aromatic nitrogens is 1. The van der Waals surface area contributed by atoms with Gasteiger partial charge in [-0.25, -0.2) is 4.98 Å². The minimum Gasteiger partial charge on any atom is -0.478 e. The third-order valence-electron chi connectivity index (χ3n) is 3.42. The van der Waals surface area contributed by atoms with Crippen LogP contribution in [0.3, 0.4) is 0 Å². The molecule has 1 rings (SSSR count). The molecule has 0 aliphatic heterocycles. The Hall–Kier alpha value is -1.66. The van der Waals surface area contributed by atoms with Crippen molar-refractivity contribution >= 4 is 5.91 Å². The SMILES string of the molecule is COCCCOc1ccc(C(=O)N(CCN(C)C)CC(C)C)cn1. The first kappa shape index (κ1) is 20.4. The molecule has 0 atom stereocenters. The summed E-state index contributed by atoms with van der Waals surface area (Å²) >= 11 is 0. The maximum Gasteiger partial charge on any atom is 0.255 e. The summed E-state index contributed by atoms with van der Waals surface area (Å²) in [5.74, 6) is 0.975. The fraction of sp³-hybridized carbons (Fsp3) is 0.667. The fourth-order valence-electron chi connectivity index (χ4n) is 2.19. The van der Waals surface area contributed by atoms with E-state index in [0.717, 1.165) is 19.5 Å². The highest BCUT2D eigenvalue weighted by Crippen LogP contribution is 2.11. The molecule has 0 saturated heterocycles. The molecule has 0 unspecified atom stereocenters. The molecule has 0 aromatic carbocycles. The predicted molar refractivity (Wildman–Crippen MR) is 95.5 cm³/mol. The van der Waals surface area contributed by atoms with Gasteiger partial charge in [-0.3, -0.25) is 4.79 Å². The molecule has 1 aromatic rings. The largest absolute Gasteiger partial charge is 0.478 e. The van der Waals surface area contributed by atoms with Gasteiger partial charge in [0.2, 0.25) is 5.88 Å². The molecule has 0 aliphatic carbocycles. The van der Waals surface area contributed by atoms with Gasteiger partial charge in [0, 0.05) is 52.0 Å². The van der Waals surface area contributed by atoms with Crippen molar-refractivity contribution in [2.75, 3.05) is 54.1 Å². The van der Waals surface area contributed by atoms with Crippen molar-refractivity contribution in [2.24, 2.45) is 5.92 Å². The summed E-state index contributed by atoms with van der Waals surface area (Å²) in [5.41, 5.74) is 0.596. The van der Waals surface area contributed by atoms with Gasteiger partial charge in [0.15, 0.2) is 0 Å². The zero-order valence-corrected chi connectivity index (χ0v) is 15.6. The Balaban J connectivity index is 2.65. The Morgan fingerprint density at radius 3 is 2.50 bits per heavy atom. The molecule has 0 bridgehead atoms. The minimum atomic E-state index is 0.0176. The van der Waals surface area contributed by atoms with Gasteiger partial charge in [-0.15, -0.1) is 0 Å². The Bertz CT molecular complexity index is 475. The molecule has 1 aromatic heterocycles. The van der Waals surface area contributed by atoms with Crippen LogP contribution in [0.15, 0.2) is 18.3 Å². The first-order valence-electron chi connectivity index (χ1n) is 8.45. The normalized spacial score (nSPS) is 11.1. The lowest BCUT2D eigenvalue weighted by Gasteiger charge is -2.26. The van der Waals surface area contributed by atoms with Crippen molar-refractivity contribution in [3.8, 4) is 5.88 Å². The van der Waals surface area contributed by atoms with E-state index in [4.69, 9.17) is 9.47 Å². The van der Waals surface area contributed by atoms with Crippen molar-refractivity contribution in [1.29, 1.82) is 0 Å². The van der Waals surface area contributed by atoms with Gasteiger partial charge in [-0.1, -0.05) is 13.8 Å². The molecule has 24 heavy (non-hydrogen) atoms. The summed E-state index contributed by atoms with van der Waals surface area (Å²) in [5, 5.41) is 0. The molecular formula is C18H31N3O3. The van der Waals surface area contributed by atoms with Crippen molar-refractivity contribution in [3.63, 3.8) is 0 Å². The number of rotatable bonds is 11. The Morgan fingerprint density at radius 2 is 1.96 bits per heavy atom. The van der Waals surface area contributed by atoms with Gasteiger partial charge >= 0.3 is 0 Å². The van der Waals surface area contributed by atoms with E-state index in [1.54, 1.807) is 25.4 Å². The highest BCUT2D eigenvalue weighted by atomic mass is 16.5. The van der Waals surface area contributed by atoms with Crippen molar-refractivity contribution in [2.45, 2.75) is 20.3 Å². The van der Waals surface area contributed by atoms with Crippen molar-refractivity contribution in [1.82, 2.24) is 14.8 Å². The molecule has 0 N–H and O–H groups in total. The van der Waals surface area contributed by atoms with Crippen LogP contribution in [0.5, 0.6) is 5.88 Å². The van der Waals surface area contributed by atoms with Crippen LogP contribution in [0.2, 0.25) is 0 Å². The first-order chi connectivity index (χ1) is 11.4. The van der Waals surface area contributed by atoms with E-state index in [0.29, 0.717) is 37.1 Å². The van der Waals surface area contributed by atoms with E-state index >= 15 is 0 Å². The van der Waals surface area contributed by atoms with Gasteiger partial charge < -0.3 is 19.3 Å². The molecule has 0 saturated carbocycles. The van der Waals surface area contributed by atoms with Crippen molar-refractivity contribution < 1.29 is 14.3 Å². The van der Waals surface area contributed by atoms with Crippen LogP contribution < -0.4 is 4.74 Å². The van der Waals surface area contributed by atoms with E-state index in [-0.39, 0.29) is 5.91 Å². The predicted octanol–water partition coefficient (Wildman–Crippen LogP) is 2.16. The second kappa shape index (κ2) is 11.0. The van der Waals surface area contributed by atoms with Crippen LogP contribution in [-0.2, 0) is 4.74 Å². The molecule has 0 spiro atoms. The number of methoxy groups -OCH3 is 1. The second-order valence-electron chi connectivity index (χ2n) is 6.53. The zero-order valence-electron chi connectivity index (χ0n) is 15.6. The number of ether oxygens (including phenoxy) is 2. The number of likely N-dealkylation sites (N-methyl/N-ethyl adjacent to an activating group) is 1. The molecule has 6 nitrogen and oxygen atoms in total. The maximum atomic E-state index is 12.7. The second-order valence-corrected chi connectivity index (χ2v) is 6.53. The number of carbonyl (C=O) groups excluding carboxylic acids is 1. The molecule has 0 radical (unpaired) electrons. The summed E-state index contributed by atoms with van der Waals surface area (Å²) < 4.78 is 10.5. The van der Waals surface area contributed by atoms with Crippen molar-refractivity contribution in [3.05, 3.63) is 23.9 Å². The number of carbonyl (C=O) groups is 1.